The molecule has 0 aliphatic heterocycles. The second-order valence-electron chi connectivity index (χ2n) is 6.71. The Morgan fingerprint density at radius 2 is 0.931 bits per heavy atom. The molecule has 4 aromatic rings. The Labute approximate surface area is 163 Å². The maximum Gasteiger partial charge on any atom is 0.461 e. The molecule has 0 amide bonds. The summed E-state index contributed by atoms with van der Waals surface area (Å²) in [6, 6.07) is 20.6. The minimum atomic E-state index is -5.97. The highest BCUT2D eigenvalue weighted by molar-refractivity contribution is 7.79. The normalized spacial score (nSPS) is 13.1. The van der Waals surface area contributed by atoms with Crippen LogP contribution >= 0.6 is 7.14 Å². The van der Waals surface area contributed by atoms with Crippen LogP contribution in [0.15, 0.2) is 84.9 Å². The summed E-state index contributed by atoms with van der Waals surface area (Å²) >= 11 is 0. The average Bonchev–Trinajstić information content (AvgIpc) is 2.71. The largest absolute Gasteiger partial charge is 0.461 e. The van der Waals surface area contributed by atoms with Crippen LogP contribution < -0.4 is 10.6 Å². The van der Waals surface area contributed by atoms with Crippen LogP contribution in [0.2, 0.25) is 0 Å². The van der Waals surface area contributed by atoms with E-state index in [9.17, 15) is 26.5 Å². The fourth-order valence-electron chi connectivity index (χ4n) is 3.40. The molecule has 0 aliphatic carbocycles. The van der Waals surface area contributed by atoms with Crippen molar-refractivity contribution in [3.8, 4) is 0 Å². The van der Waals surface area contributed by atoms with E-state index in [1.165, 1.54) is 12.1 Å². The summed E-state index contributed by atoms with van der Waals surface area (Å²) in [5.74, 6) is 0. The smallest absolute Gasteiger partial charge is 0.307 e. The van der Waals surface area contributed by atoms with Gasteiger partial charge in [0.2, 0.25) is 7.14 Å². The van der Waals surface area contributed by atoms with Crippen molar-refractivity contribution in [2.45, 2.75) is 11.8 Å². The maximum atomic E-state index is 14.8. The topological polar surface area (TPSA) is 17.1 Å². The van der Waals surface area contributed by atoms with Gasteiger partial charge in [-0.3, -0.25) is 0 Å². The van der Waals surface area contributed by atoms with Crippen molar-refractivity contribution in [1.82, 2.24) is 0 Å². The van der Waals surface area contributed by atoms with E-state index >= 15 is 0 Å². The highest BCUT2D eigenvalue weighted by Crippen LogP contribution is 2.64. The standard InChI is InChI=1S/C22H14F5OP/c23-21(24,25)22(26,27)29(28,19-11-9-15-5-1-3-7-17(15)13-19)20-12-10-16-6-2-4-8-18(16)14-20/h1-14H. The van der Waals surface area contributed by atoms with Gasteiger partial charge >= 0.3 is 11.8 Å². The van der Waals surface area contributed by atoms with Gasteiger partial charge in [-0.25, -0.2) is 0 Å². The van der Waals surface area contributed by atoms with Crippen LogP contribution in [0.25, 0.3) is 21.5 Å². The van der Waals surface area contributed by atoms with E-state index in [2.05, 4.69) is 0 Å². The fourth-order valence-corrected chi connectivity index (χ4v) is 5.91. The SMILES string of the molecule is O=P(c1ccc2ccccc2c1)(c1ccc2ccccc2c1)C(F)(F)C(F)(F)F. The first kappa shape index (κ1) is 19.6. The van der Waals surface area contributed by atoms with Gasteiger partial charge in [-0.05, 0) is 33.7 Å². The molecule has 7 heteroatoms. The number of fused-ring (bicyclic) bond motifs is 2. The minimum absolute atomic E-state index is 0.434. The lowest BCUT2D eigenvalue weighted by atomic mass is 10.1. The zero-order chi connectivity index (χ0) is 20.9. The molecule has 1 nitrogen and oxygen atoms in total. The summed E-state index contributed by atoms with van der Waals surface area (Å²) in [7, 11) is -5.42. The summed E-state index contributed by atoms with van der Waals surface area (Å²) in [6.07, 6.45) is -5.97. The number of alkyl halides is 5. The summed E-state index contributed by atoms with van der Waals surface area (Å²) in [5, 5.41) is 1.10. The van der Waals surface area contributed by atoms with Crippen molar-refractivity contribution in [1.29, 1.82) is 0 Å². The van der Waals surface area contributed by atoms with Gasteiger partial charge in [0, 0.05) is 10.6 Å². The number of rotatable bonds is 3. The Hall–Kier alpha value is -2.72. The molecular formula is C22H14F5OP. The Morgan fingerprint density at radius 3 is 1.31 bits per heavy atom. The van der Waals surface area contributed by atoms with Crippen LogP contribution in [0.1, 0.15) is 0 Å². The molecule has 0 bridgehead atoms. The number of hydrogen-bond donors (Lipinski definition) is 0. The van der Waals surface area contributed by atoms with Gasteiger partial charge in [-0.2, -0.15) is 22.0 Å². The molecule has 0 spiro atoms. The van der Waals surface area contributed by atoms with Crippen molar-refractivity contribution in [3.05, 3.63) is 84.9 Å². The molecule has 0 aliphatic rings. The lowest BCUT2D eigenvalue weighted by Crippen LogP contribution is -2.42. The van der Waals surface area contributed by atoms with Gasteiger partial charge in [-0.15, -0.1) is 0 Å². The zero-order valence-corrected chi connectivity index (χ0v) is 15.7. The summed E-state index contributed by atoms with van der Waals surface area (Å²) in [6.45, 7) is 0. The van der Waals surface area contributed by atoms with Crippen molar-refractivity contribution in [2.75, 3.05) is 0 Å². The molecule has 0 N–H and O–H groups in total. The molecule has 0 saturated carbocycles. The second-order valence-corrected chi connectivity index (χ2v) is 9.52. The van der Waals surface area contributed by atoms with Crippen molar-refractivity contribution >= 4 is 39.3 Å². The first-order chi connectivity index (χ1) is 13.6. The van der Waals surface area contributed by atoms with Crippen LogP contribution in [0.3, 0.4) is 0 Å². The first-order valence-corrected chi connectivity index (χ1v) is 10.4. The molecule has 4 aromatic carbocycles. The third-order valence-electron chi connectivity index (χ3n) is 4.93. The lowest BCUT2D eigenvalue weighted by Gasteiger charge is -2.30. The number of benzene rings is 4. The molecule has 0 aromatic heterocycles. The summed E-state index contributed by atoms with van der Waals surface area (Å²) < 4.78 is 83.4. The van der Waals surface area contributed by atoms with Gasteiger partial charge in [0.1, 0.15) is 0 Å². The lowest BCUT2D eigenvalue weighted by molar-refractivity contribution is -0.241. The van der Waals surface area contributed by atoms with E-state index in [-0.39, 0.29) is 0 Å². The Kier molecular flexibility index (Phi) is 4.50. The van der Waals surface area contributed by atoms with Gasteiger partial charge in [0.15, 0.2) is 0 Å². The quantitative estimate of drug-likeness (QED) is 0.275. The zero-order valence-electron chi connectivity index (χ0n) is 14.8. The van der Waals surface area contributed by atoms with E-state index in [0.717, 1.165) is 24.3 Å². The molecule has 0 radical (unpaired) electrons. The van der Waals surface area contributed by atoms with Crippen LogP contribution in [0.4, 0.5) is 22.0 Å². The van der Waals surface area contributed by atoms with Gasteiger partial charge in [-0.1, -0.05) is 72.8 Å². The highest BCUT2D eigenvalue weighted by Gasteiger charge is 2.69. The summed E-state index contributed by atoms with van der Waals surface area (Å²) in [5.41, 5.74) is -5.43. The van der Waals surface area contributed by atoms with Crippen molar-refractivity contribution < 1.29 is 26.5 Å². The molecule has 0 atom stereocenters. The molecule has 0 heterocycles. The molecule has 4 rings (SSSR count). The van der Waals surface area contributed by atoms with E-state index < -0.39 is 29.6 Å². The molecular weight excluding hydrogens is 406 g/mol. The van der Waals surface area contributed by atoms with Crippen LogP contribution in [-0.2, 0) is 4.57 Å². The fraction of sp³-hybridized carbons (Fsp3) is 0.0909. The Bertz CT molecular complexity index is 1180. The predicted molar refractivity (Wildman–Crippen MR) is 106 cm³/mol. The summed E-state index contributed by atoms with van der Waals surface area (Å²) in [4.78, 5) is 0. The number of halogens is 5. The third kappa shape index (κ3) is 3.03. The van der Waals surface area contributed by atoms with E-state index in [1.54, 1.807) is 48.5 Å². The Morgan fingerprint density at radius 1 is 0.552 bits per heavy atom. The van der Waals surface area contributed by atoms with Crippen molar-refractivity contribution in [3.63, 3.8) is 0 Å². The Balaban J connectivity index is 2.04. The van der Waals surface area contributed by atoms with Crippen molar-refractivity contribution in [2.24, 2.45) is 0 Å². The minimum Gasteiger partial charge on any atom is -0.307 e. The number of hydrogen-bond acceptors (Lipinski definition) is 1. The molecule has 148 valence electrons. The van der Waals surface area contributed by atoms with E-state index in [1.807, 2.05) is 0 Å². The van der Waals surface area contributed by atoms with Crippen LogP contribution in [0.5, 0.6) is 0 Å². The van der Waals surface area contributed by atoms with Crippen LogP contribution in [-0.4, -0.2) is 11.8 Å². The predicted octanol–water partition coefficient (Wildman–Crippen LogP) is 6.46. The van der Waals surface area contributed by atoms with Gasteiger partial charge in [0.05, 0.1) is 0 Å². The molecule has 0 fully saturated rings. The van der Waals surface area contributed by atoms with Gasteiger partial charge in [0.25, 0.3) is 0 Å². The average molecular weight is 420 g/mol. The molecule has 0 unspecified atom stereocenters. The van der Waals surface area contributed by atoms with Crippen LogP contribution in [0, 0.1) is 0 Å². The third-order valence-corrected chi connectivity index (χ3v) is 7.99. The monoisotopic (exact) mass is 420 g/mol. The van der Waals surface area contributed by atoms with E-state index in [4.69, 9.17) is 0 Å². The maximum absolute atomic E-state index is 14.8. The molecule has 0 saturated heterocycles. The van der Waals surface area contributed by atoms with E-state index in [0.29, 0.717) is 21.5 Å². The van der Waals surface area contributed by atoms with Gasteiger partial charge < -0.3 is 4.57 Å². The second kappa shape index (κ2) is 6.67. The highest BCUT2D eigenvalue weighted by atomic mass is 31.2. The molecule has 29 heavy (non-hydrogen) atoms. The first-order valence-electron chi connectivity index (χ1n) is 8.68.